The summed E-state index contributed by atoms with van der Waals surface area (Å²) in [5, 5.41) is 0. The molecule has 0 aliphatic carbocycles. The molecule has 0 aliphatic heterocycles. The van der Waals surface area contributed by atoms with Crippen molar-refractivity contribution in [3.63, 3.8) is 0 Å². The zero-order chi connectivity index (χ0) is 10.1. The zero-order valence-corrected chi connectivity index (χ0v) is 10.4. The number of imidazole rings is 1. The van der Waals surface area contributed by atoms with E-state index < -0.39 is 0 Å². The van der Waals surface area contributed by atoms with Gasteiger partial charge in [-0.25, -0.2) is 0 Å². The minimum absolute atomic E-state index is 1.22. The van der Waals surface area contributed by atoms with Gasteiger partial charge >= 0.3 is 0 Å². The molecule has 0 aliphatic rings. The standard InChI is InChI=1S/C11H12IN2/c1-9-5-3-4-6-11(9)13-7-8-14(12)10(13)2/h3-8H,1-2H3/q+1. The van der Waals surface area contributed by atoms with E-state index in [1.54, 1.807) is 0 Å². The van der Waals surface area contributed by atoms with Crippen molar-refractivity contribution in [2.24, 2.45) is 0 Å². The predicted molar refractivity (Wildman–Crippen MR) is 64.9 cm³/mol. The van der Waals surface area contributed by atoms with Crippen molar-refractivity contribution in [1.82, 2.24) is 4.57 Å². The Morgan fingerprint density at radius 1 is 1.21 bits per heavy atom. The molecule has 72 valence electrons. The van der Waals surface area contributed by atoms with Crippen LogP contribution in [-0.4, -0.2) is 4.57 Å². The smallest absolute Gasteiger partial charge is 0.199 e. The van der Waals surface area contributed by atoms with Gasteiger partial charge in [0.15, 0.2) is 0 Å². The molecule has 1 aromatic carbocycles. The second kappa shape index (κ2) is 3.73. The van der Waals surface area contributed by atoms with E-state index in [0.29, 0.717) is 0 Å². The summed E-state index contributed by atoms with van der Waals surface area (Å²) in [5.41, 5.74) is 2.55. The third kappa shape index (κ3) is 1.56. The van der Waals surface area contributed by atoms with Crippen LogP contribution in [0, 0.1) is 13.8 Å². The van der Waals surface area contributed by atoms with Crippen LogP contribution in [-0.2, 0) is 0 Å². The van der Waals surface area contributed by atoms with Crippen LogP contribution in [0.25, 0.3) is 5.69 Å². The van der Waals surface area contributed by atoms with E-state index >= 15 is 0 Å². The summed E-state index contributed by atoms with van der Waals surface area (Å²) in [5.74, 6) is 1.22. The summed E-state index contributed by atoms with van der Waals surface area (Å²) in [6.07, 6.45) is 4.15. The number of hydrogen-bond acceptors (Lipinski definition) is 0. The topological polar surface area (TPSA) is 8.81 Å². The van der Waals surface area contributed by atoms with E-state index in [0.717, 1.165) is 0 Å². The van der Waals surface area contributed by atoms with Gasteiger partial charge in [-0.15, -0.1) is 0 Å². The molecule has 0 atom stereocenters. The third-order valence-corrected chi connectivity index (χ3v) is 3.40. The zero-order valence-electron chi connectivity index (χ0n) is 8.24. The maximum atomic E-state index is 2.28. The first-order chi connectivity index (χ1) is 6.70. The predicted octanol–water partition coefficient (Wildman–Crippen LogP) is 2.58. The van der Waals surface area contributed by atoms with Gasteiger partial charge in [-0.1, -0.05) is 18.2 Å². The molecule has 0 bridgehead atoms. The Kier molecular flexibility index (Phi) is 2.58. The van der Waals surface area contributed by atoms with Crippen LogP contribution >= 0.6 is 22.9 Å². The van der Waals surface area contributed by atoms with Crippen molar-refractivity contribution in [2.75, 3.05) is 0 Å². The van der Waals surface area contributed by atoms with Gasteiger partial charge in [0, 0.05) is 6.92 Å². The second-order valence-electron chi connectivity index (χ2n) is 3.31. The SMILES string of the molecule is Cc1ccccc1-n1cc[n+](I)c1C. The van der Waals surface area contributed by atoms with Gasteiger partial charge in [0.2, 0.25) is 22.9 Å². The molecule has 2 nitrogen and oxygen atoms in total. The number of aromatic nitrogens is 2. The van der Waals surface area contributed by atoms with Crippen molar-refractivity contribution >= 4 is 22.9 Å². The highest BCUT2D eigenvalue weighted by Crippen LogP contribution is 2.14. The van der Waals surface area contributed by atoms with Gasteiger partial charge in [0.25, 0.3) is 5.82 Å². The molecule has 2 aromatic rings. The Bertz CT molecular complexity index is 460. The monoisotopic (exact) mass is 299 g/mol. The molecule has 0 spiro atoms. The molecule has 3 heteroatoms. The average molecular weight is 299 g/mol. The highest BCUT2D eigenvalue weighted by atomic mass is 127. The number of rotatable bonds is 1. The molecule has 0 unspecified atom stereocenters. The summed E-state index contributed by atoms with van der Waals surface area (Å²) in [7, 11) is 0. The molecule has 1 aromatic heterocycles. The van der Waals surface area contributed by atoms with Crippen molar-refractivity contribution in [3.05, 3.63) is 48.0 Å². The van der Waals surface area contributed by atoms with E-state index in [1.165, 1.54) is 17.1 Å². The largest absolute Gasteiger partial charge is 0.267 e. The molecule has 0 N–H and O–H groups in total. The van der Waals surface area contributed by atoms with Crippen LogP contribution in [0.2, 0.25) is 0 Å². The maximum absolute atomic E-state index is 2.28. The lowest BCUT2D eigenvalue weighted by atomic mass is 10.2. The fourth-order valence-electron chi connectivity index (χ4n) is 1.53. The van der Waals surface area contributed by atoms with Crippen LogP contribution < -0.4 is 2.78 Å². The molecule has 0 saturated carbocycles. The number of aryl methyl sites for hydroxylation is 1. The van der Waals surface area contributed by atoms with Crippen LogP contribution in [0.15, 0.2) is 36.7 Å². The summed E-state index contributed by atoms with van der Waals surface area (Å²) >= 11 is 2.28. The molecule has 0 amide bonds. The number of halogens is 1. The van der Waals surface area contributed by atoms with E-state index in [9.17, 15) is 0 Å². The average Bonchev–Trinajstić information content (AvgIpc) is 2.49. The molecule has 1 heterocycles. The Hall–Kier alpha value is -0.840. The van der Waals surface area contributed by atoms with Gasteiger partial charge in [0.1, 0.15) is 18.1 Å². The van der Waals surface area contributed by atoms with Gasteiger partial charge in [0.05, 0.1) is 0 Å². The summed E-state index contributed by atoms with van der Waals surface area (Å²) in [6, 6.07) is 8.40. The quantitative estimate of drug-likeness (QED) is 0.716. The Balaban J connectivity index is 2.60. The highest BCUT2D eigenvalue weighted by Gasteiger charge is 2.13. The van der Waals surface area contributed by atoms with Crippen LogP contribution in [0.4, 0.5) is 0 Å². The number of para-hydroxylation sites is 1. The van der Waals surface area contributed by atoms with Gasteiger partial charge in [-0.2, -0.15) is 7.35 Å². The molecule has 0 saturated heterocycles. The highest BCUT2D eigenvalue weighted by molar-refractivity contribution is 14.1. The fourth-order valence-corrected chi connectivity index (χ4v) is 1.91. The lowest BCUT2D eigenvalue weighted by Gasteiger charge is -2.01. The Labute approximate surface area is 97.7 Å². The molecular weight excluding hydrogens is 287 g/mol. The van der Waals surface area contributed by atoms with Crippen LogP contribution in [0.3, 0.4) is 0 Å². The second-order valence-corrected chi connectivity index (χ2v) is 4.35. The number of benzene rings is 1. The summed E-state index contributed by atoms with van der Waals surface area (Å²) in [4.78, 5) is 0. The molecular formula is C11H12IN2+. The van der Waals surface area contributed by atoms with Gasteiger partial charge < -0.3 is 0 Å². The van der Waals surface area contributed by atoms with E-state index in [1.807, 2.05) is 0 Å². The summed E-state index contributed by atoms with van der Waals surface area (Å²) < 4.78 is 4.28. The first kappa shape index (κ1) is 9.71. The van der Waals surface area contributed by atoms with Crippen LogP contribution in [0.1, 0.15) is 11.4 Å². The minimum Gasteiger partial charge on any atom is -0.199 e. The van der Waals surface area contributed by atoms with E-state index in [-0.39, 0.29) is 0 Å². The van der Waals surface area contributed by atoms with Crippen molar-refractivity contribution in [3.8, 4) is 5.69 Å². The van der Waals surface area contributed by atoms with E-state index in [2.05, 4.69) is 80.7 Å². The van der Waals surface area contributed by atoms with Crippen molar-refractivity contribution < 1.29 is 2.78 Å². The van der Waals surface area contributed by atoms with Gasteiger partial charge in [-0.3, -0.25) is 0 Å². The Morgan fingerprint density at radius 3 is 2.50 bits per heavy atom. The molecule has 14 heavy (non-hydrogen) atoms. The van der Waals surface area contributed by atoms with E-state index in [4.69, 9.17) is 0 Å². The maximum Gasteiger partial charge on any atom is 0.267 e. The lowest BCUT2D eigenvalue weighted by Crippen LogP contribution is -2.20. The van der Waals surface area contributed by atoms with Crippen LogP contribution in [0.5, 0.6) is 0 Å². The summed E-state index contributed by atoms with van der Waals surface area (Å²) in [6.45, 7) is 4.24. The first-order valence-corrected chi connectivity index (χ1v) is 5.48. The first-order valence-electron chi connectivity index (χ1n) is 4.52. The Morgan fingerprint density at radius 2 is 1.93 bits per heavy atom. The third-order valence-electron chi connectivity index (χ3n) is 2.38. The van der Waals surface area contributed by atoms with Gasteiger partial charge in [-0.05, 0) is 18.6 Å². The van der Waals surface area contributed by atoms with Crippen molar-refractivity contribution in [2.45, 2.75) is 13.8 Å². The lowest BCUT2D eigenvalue weighted by molar-refractivity contribution is -0.448. The molecule has 0 radical (unpaired) electrons. The molecule has 0 fully saturated rings. The molecule has 2 rings (SSSR count). The normalized spacial score (nSPS) is 10.5. The fraction of sp³-hybridized carbons (Fsp3) is 0.182. The number of nitrogens with zero attached hydrogens (tertiary/aromatic N) is 2. The number of hydrogen-bond donors (Lipinski definition) is 0. The minimum atomic E-state index is 1.22. The van der Waals surface area contributed by atoms with Crippen molar-refractivity contribution in [1.29, 1.82) is 0 Å².